The van der Waals surface area contributed by atoms with Gasteiger partial charge in [0.15, 0.2) is 5.13 Å². The first-order valence-corrected chi connectivity index (χ1v) is 8.85. The van der Waals surface area contributed by atoms with Gasteiger partial charge in [0.1, 0.15) is 10.0 Å². The number of hydrogen-bond donors (Lipinski definition) is 1. The Morgan fingerprint density at radius 1 is 1.25 bits per heavy atom. The van der Waals surface area contributed by atoms with Crippen molar-refractivity contribution >= 4 is 38.1 Å². The molecule has 0 fully saturated rings. The molecule has 3 rings (SSSR count). The minimum atomic E-state index is -3.65. The van der Waals surface area contributed by atoms with Gasteiger partial charge in [-0.1, -0.05) is 11.6 Å². The summed E-state index contributed by atoms with van der Waals surface area (Å²) in [5.74, 6) is 0. The third-order valence-corrected chi connectivity index (χ3v) is 5.83. The zero-order valence-corrected chi connectivity index (χ0v) is 12.9. The lowest BCUT2D eigenvalue weighted by atomic mass is 10.0. The van der Waals surface area contributed by atoms with Crippen molar-refractivity contribution in [3.05, 3.63) is 34.1 Å². The monoisotopic (exact) mass is 329 g/mol. The summed E-state index contributed by atoms with van der Waals surface area (Å²) in [5.41, 5.74) is 1.02. The van der Waals surface area contributed by atoms with Crippen molar-refractivity contribution in [1.29, 1.82) is 0 Å². The second-order valence-electron chi connectivity index (χ2n) is 4.52. The first-order chi connectivity index (χ1) is 9.54. The van der Waals surface area contributed by atoms with Gasteiger partial charge in [-0.15, -0.1) is 11.3 Å². The maximum atomic E-state index is 12.2. The Bertz CT molecular complexity index is 702. The fourth-order valence-electron chi connectivity index (χ4n) is 2.09. The van der Waals surface area contributed by atoms with Crippen molar-refractivity contribution in [2.75, 3.05) is 4.72 Å². The van der Waals surface area contributed by atoms with Crippen LogP contribution >= 0.6 is 22.9 Å². The highest BCUT2D eigenvalue weighted by atomic mass is 35.5. The number of anilines is 1. The highest BCUT2D eigenvalue weighted by molar-refractivity contribution is 7.93. The smallest absolute Gasteiger partial charge is 0.255 e. The van der Waals surface area contributed by atoms with Gasteiger partial charge in [0.25, 0.3) is 10.0 Å². The van der Waals surface area contributed by atoms with Crippen LogP contribution in [-0.4, -0.2) is 18.4 Å². The highest BCUT2D eigenvalue weighted by Crippen LogP contribution is 2.30. The number of sulfonamides is 1. The van der Waals surface area contributed by atoms with E-state index >= 15 is 0 Å². The summed E-state index contributed by atoms with van der Waals surface area (Å²) in [7, 11) is -3.65. The zero-order valence-electron chi connectivity index (χ0n) is 10.5. The van der Waals surface area contributed by atoms with Crippen molar-refractivity contribution in [3.63, 3.8) is 0 Å². The molecule has 1 N–H and O–H groups in total. The molecule has 106 valence electrons. The molecule has 0 saturated carbocycles. The minimum absolute atomic E-state index is 0.0788. The first-order valence-electron chi connectivity index (χ1n) is 6.17. The van der Waals surface area contributed by atoms with E-state index in [2.05, 4.69) is 14.7 Å². The highest BCUT2D eigenvalue weighted by Gasteiger charge is 2.20. The predicted octanol–water partition coefficient (Wildman–Crippen LogP) is 2.87. The number of nitrogens with zero attached hydrogens (tertiary/aromatic N) is 2. The van der Waals surface area contributed by atoms with Crippen molar-refractivity contribution < 1.29 is 8.42 Å². The van der Waals surface area contributed by atoms with Crippen LogP contribution in [0.3, 0.4) is 0 Å². The second-order valence-corrected chi connectivity index (χ2v) is 7.67. The van der Waals surface area contributed by atoms with E-state index in [9.17, 15) is 8.42 Å². The lowest BCUT2D eigenvalue weighted by Gasteiger charge is -2.06. The number of pyridine rings is 1. The van der Waals surface area contributed by atoms with Gasteiger partial charge < -0.3 is 0 Å². The molecule has 0 aliphatic heterocycles. The van der Waals surface area contributed by atoms with Crippen molar-refractivity contribution in [1.82, 2.24) is 9.97 Å². The number of aryl methyl sites for hydroxylation is 2. The lowest BCUT2D eigenvalue weighted by molar-refractivity contribution is 0.600. The van der Waals surface area contributed by atoms with E-state index in [1.165, 1.54) is 34.5 Å². The first kappa shape index (κ1) is 13.8. The largest absolute Gasteiger partial charge is 0.265 e. The van der Waals surface area contributed by atoms with Gasteiger partial charge >= 0.3 is 0 Å². The number of rotatable bonds is 3. The molecule has 5 nitrogen and oxygen atoms in total. The SMILES string of the molecule is O=S(=O)(Nc1nc2c(s1)CCCC2)c1ccc(Cl)nc1. The summed E-state index contributed by atoms with van der Waals surface area (Å²) < 4.78 is 26.9. The molecule has 0 radical (unpaired) electrons. The molecular weight excluding hydrogens is 318 g/mol. The summed E-state index contributed by atoms with van der Waals surface area (Å²) in [6.45, 7) is 0. The average Bonchev–Trinajstić information content (AvgIpc) is 2.80. The van der Waals surface area contributed by atoms with E-state index in [0.29, 0.717) is 5.13 Å². The van der Waals surface area contributed by atoms with Crippen LogP contribution in [-0.2, 0) is 22.9 Å². The van der Waals surface area contributed by atoms with Gasteiger partial charge in [-0.3, -0.25) is 4.72 Å². The van der Waals surface area contributed by atoms with Crippen LogP contribution in [0.25, 0.3) is 0 Å². The fraction of sp³-hybridized carbons (Fsp3) is 0.333. The molecule has 2 aromatic rings. The summed E-state index contributed by atoms with van der Waals surface area (Å²) in [5, 5.41) is 0.681. The zero-order chi connectivity index (χ0) is 14.2. The topological polar surface area (TPSA) is 72.0 Å². The van der Waals surface area contributed by atoms with Crippen molar-refractivity contribution in [3.8, 4) is 0 Å². The normalized spacial score (nSPS) is 14.8. The molecule has 0 saturated heterocycles. The molecule has 0 atom stereocenters. The van der Waals surface area contributed by atoms with Crippen LogP contribution in [0.4, 0.5) is 5.13 Å². The van der Waals surface area contributed by atoms with Gasteiger partial charge in [-0.2, -0.15) is 0 Å². The van der Waals surface area contributed by atoms with Crippen LogP contribution in [0, 0.1) is 0 Å². The average molecular weight is 330 g/mol. The molecule has 0 bridgehead atoms. The van der Waals surface area contributed by atoms with Crippen LogP contribution in [0.15, 0.2) is 23.2 Å². The van der Waals surface area contributed by atoms with Gasteiger partial charge in [0, 0.05) is 11.1 Å². The van der Waals surface area contributed by atoms with E-state index in [1.54, 1.807) is 0 Å². The maximum Gasteiger partial charge on any atom is 0.265 e. The molecule has 2 aromatic heterocycles. The van der Waals surface area contributed by atoms with Crippen molar-refractivity contribution in [2.24, 2.45) is 0 Å². The van der Waals surface area contributed by atoms with Gasteiger partial charge in [0.05, 0.1) is 5.69 Å². The Kier molecular flexibility index (Phi) is 3.66. The van der Waals surface area contributed by atoms with E-state index < -0.39 is 10.0 Å². The van der Waals surface area contributed by atoms with Crippen LogP contribution in [0.5, 0.6) is 0 Å². The van der Waals surface area contributed by atoms with Gasteiger partial charge in [0.2, 0.25) is 0 Å². The molecule has 0 amide bonds. The Morgan fingerprint density at radius 2 is 2.05 bits per heavy atom. The lowest BCUT2D eigenvalue weighted by Crippen LogP contribution is -2.13. The van der Waals surface area contributed by atoms with Crippen LogP contribution in [0.2, 0.25) is 5.15 Å². The number of nitrogens with one attached hydrogen (secondary N) is 1. The third kappa shape index (κ3) is 2.79. The standard InChI is InChI=1S/C12H12ClN3O2S2/c13-11-6-5-8(7-14-11)20(17,18)16-12-15-9-3-1-2-4-10(9)19-12/h5-7H,1-4H2,(H,15,16). The minimum Gasteiger partial charge on any atom is -0.255 e. The maximum absolute atomic E-state index is 12.2. The molecule has 0 aromatic carbocycles. The summed E-state index contributed by atoms with van der Waals surface area (Å²) in [4.78, 5) is 9.40. The molecule has 20 heavy (non-hydrogen) atoms. The van der Waals surface area contributed by atoms with Gasteiger partial charge in [-0.25, -0.2) is 18.4 Å². The predicted molar refractivity (Wildman–Crippen MR) is 78.8 cm³/mol. The molecule has 1 aliphatic rings. The molecule has 0 unspecified atom stereocenters. The Labute approximate surface area is 126 Å². The fourth-order valence-corrected chi connectivity index (χ4v) is 4.43. The summed E-state index contributed by atoms with van der Waals surface area (Å²) in [6.07, 6.45) is 5.40. The number of fused-ring (bicyclic) bond motifs is 1. The quantitative estimate of drug-likeness (QED) is 0.879. The van der Waals surface area contributed by atoms with Crippen LogP contribution < -0.4 is 4.72 Å². The number of halogens is 1. The van der Waals surface area contributed by atoms with E-state index in [1.807, 2.05) is 0 Å². The number of aromatic nitrogens is 2. The molecular formula is C12H12ClN3O2S2. The molecule has 8 heteroatoms. The number of thiazole rings is 1. The van der Waals surface area contributed by atoms with Crippen molar-refractivity contribution in [2.45, 2.75) is 30.6 Å². The molecule has 1 aliphatic carbocycles. The Morgan fingerprint density at radius 3 is 2.75 bits per heavy atom. The van der Waals surface area contributed by atoms with Crippen LogP contribution in [0.1, 0.15) is 23.4 Å². The van der Waals surface area contributed by atoms with E-state index in [0.717, 1.165) is 31.4 Å². The molecule has 2 heterocycles. The summed E-state index contributed by atoms with van der Waals surface area (Å²) in [6, 6.07) is 2.87. The Balaban J connectivity index is 1.86. The van der Waals surface area contributed by atoms with E-state index in [-0.39, 0.29) is 10.0 Å². The second kappa shape index (κ2) is 5.31. The Hall–Kier alpha value is -1.18. The summed E-state index contributed by atoms with van der Waals surface area (Å²) >= 11 is 7.07. The molecule has 0 spiro atoms. The third-order valence-electron chi connectivity index (χ3n) is 3.08. The number of hydrogen-bond acceptors (Lipinski definition) is 5. The van der Waals surface area contributed by atoms with Gasteiger partial charge in [-0.05, 0) is 37.8 Å². The van der Waals surface area contributed by atoms with E-state index in [4.69, 9.17) is 11.6 Å².